The lowest BCUT2D eigenvalue weighted by Gasteiger charge is -2.11. The number of rotatable bonds is 7. The fourth-order valence-corrected chi connectivity index (χ4v) is 3.52. The molecule has 170 valence electrons. The molecule has 0 saturated carbocycles. The molecule has 0 bridgehead atoms. The Morgan fingerprint density at radius 3 is 2.41 bits per heavy atom. The number of benzene rings is 3. The molecular formula is C27H25N5O2. The quantitative estimate of drug-likeness (QED) is 0.337. The first kappa shape index (κ1) is 22.7. The molecule has 0 aliphatic carbocycles. The number of carbonyl (C=O) groups excluding carboxylic acids is 2. The maximum atomic E-state index is 12.8. The van der Waals surface area contributed by atoms with Crippen molar-refractivity contribution in [3.63, 3.8) is 0 Å². The highest BCUT2D eigenvalue weighted by Crippen LogP contribution is 2.22. The van der Waals surface area contributed by atoms with E-state index in [-0.39, 0.29) is 11.8 Å². The number of aryl methyl sites for hydroxylation is 1. The normalized spacial score (nSPS) is 10.4. The standard InChI is InChI=1S/C27H25N5O2/c1-3-19-7-4-5-10-24(19)31-26(34)21-8-6-9-23(17-21)30-27-28-16-15-25(32-27)20-11-13-22(14-12-20)29-18(2)33/h4-17H,3H2,1-2H3,(H,29,33)(H,31,34)(H,28,30,32). The molecule has 0 spiro atoms. The van der Waals surface area contributed by atoms with Crippen LogP contribution in [-0.4, -0.2) is 21.8 Å². The third-order valence-corrected chi connectivity index (χ3v) is 5.18. The average Bonchev–Trinajstić information content (AvgIpc) is 2.85. The van der Waals surface area contributed by atoms with E-state index in [2.05, 4.69) is 32.8 Å². The summed E-state index contributed by atoms with van der Waals surface area (Å²) in [6.07, 6.45) is 2.51. The second-order valence-electron chi connectivity index (χ2n) is 7.69. The molecule has 0 fully saturated rings. The van der Waals surface area contributed by atoms with Gasteiger partial charge in [-0.05, 0) is 54.4 Å². The highest BCUT2D eigenvalue weighted by Gasteiger charge is 2.10. The van der Waals surface area contributed by atoms with Crippen LogP contribution in [-0.2, 0) is 11.2 Å². The number of aromatic nitrogens is 2. The van der Waals surface area contributed by atoms with E-state index < -0.39 is 0 Å². The molecule has 7 heteroatoms. The number of carbonyl (C=O) groups is 2. The van der Waals surface area contributed by atoms with E-state index in [4.69, 9.17) is 0 Å². The molecule has 0 saturated heterocycles. The van der Waals surface area contributed by atoms with Gasteiger partial charge in [-0.15, -0.1) is 0 Å². The topological polar surface area (TPSA) is 96.0 Å². The van der Waals surface area contributed by atoms with Crippen LogP contribution in [0.5, 0.6) is 0 Å². The molecule has 4 rings (SSSR count). The van der Waals surface area contributed by atoms with Gasteiger partial charge in [-0.3, -0.25) is 9.59 Å². The van der Waals surface area contributed by atoms with E-state index in [0.29, 0.717) is 17.2 Å². The van der Waals surface area contributed by atoms with Gasteiger partial charge in [-0.25, -0.2) is 9.97 Å². The van der Waals surface area contributed by atoms with Crippen molar-refractivity contribution >= 4 is 34.8 Å². The van der Waals surface area contributed by atoms with Gasteiger partial charge in [-0.1, -0.05) is 43.3 Å². The van der Waals surface area contributed by atoms with Gasteiger partial charge in [0.1, 0.15) is 0 Å². The lowest BCUT2D eigenvalue weighted by Crippen LogP contribution is -2.13. The van der Waals surface area contributed by atoms with E-state index in [1.807, 2.05) is 66.7 Å². The third-order valence-electron chi connectivity index (χ3n) is 5.18. The van der Waals surface area contributed by atoms with Crippen LogP contribution in [0.25, 0.3) is 11.3 Å². The van der Waals surface area contributed by atoms with Crippen molar-refractivity contribution in [1.29, 1.82) is 0 Å². The molecule has 7 nitrogen and oxygen atoms in total. The minimum atomic E-state index is -0.182. The molecular weight excluding hydrogens is 426 g/mol. The largest absolute Gasteiger partial charge is 0.326 e. The summed E-state index contributed by atoms with van der Waals surface area (Å²) in [5, 5.41) is 8.91. The van der Waals surface area contributed by atoms with Crippen molar-refractivity contribution < 1.29 is 9.59 Å². The Bertz CT molecular complexity index is 1320. The molecule has 0 unspecified atom stereocenters. The van der Waals surface area contributed by atoms with Crippen molar-refractivity contribution in [1.82, 2.24) is 9.97 Å². The molecule has 34 heavy (non-hydrogen) atoms. The van der Waals surface area contributed by atoms with Gasteiger partial charge < -0.3 is 16.0 Å². The predicted molar refractivity (Wildman–Crippen MR) is 135 cm³/mol. The molecule has 1 aromatic heterocycles. The fraction of sp³-hybridized carbons (Fsp3) is 0.111. The molecule has 0 atom stereocenters. The Hall–Kier alpha value is -4.52. The first-order valence-corrected chi connectivity index (χ1v) is 11.0. The van der Waals surface area contributed by atoms with Crippen LogP contribution >= 0.6 is 0 Å². The highest BCUT2D eigenvalue weighted by atomic mass is 16.2. The van der Waals surface area contributed by atoms with E-state index >= 15 is 0 Å². The Kier molecular flexibility index (Phi) is 6.93. The number of nitrogens with zero attached hydrogens (tertiary/aromatic N) is 2. The summed E-state index contributed by atoms with van der Waals surface area (Å²) in [5.74, 6) is 0.113. The number of anilines is 4. The van der Waals surface area contributed by atoms with Gasteiger partial charge in [0.2, 0.25) is 11.9 Å². The lowest BCUT2D eigenvalue weighted by molar-refractivity contribution is -0.114. The Morgan fingerprint density at radius 2 is 1.65 bits per heavy atom. The van der Waals surface area contributed by atoms with Gasteiger partial charge in [-0.2, -0.15) is 0 Å². The summed E-state index contributed by atoms with van der Waals surface area (Å²) in [6.45, 7) is 3.53. The van der Waals surface area contributed by atoms with E-state index in [1.165, 1.54) is 6.92 Å². The fourth-order valence-electron chi connectivity index (χ4n) is 3.52. The Morgan fingerprint density at radius 1 is 0.853 bits per heavy atom. The molecule has 1 heterocycles. The predicted octanol–water partition coefficient (Wildman–Crippen LogP) is 5.66. The van der Waals surface area contributed by atoms with Gasteiger partial charge in [0.15, 0.2) is 0 Å². The minimum absolute atomic E-state index is 0.119. The number of hydrogen-bond acceptors (Lipinski definition) is 5. The summed E-state index contributed by atoms with van der Waals surface area (Å²) < 4.78 is 0. The van der Waals surface area contributed by atoms with Crippen LogP contribution < -0.4 is 16.0 Å². The third kappa shape index (κ3) is 5.63. The van der Waals surface area contributed by atoms with E-state index in [0.717, 1.165) is 34.6 Å². The molecule has 0 aliphatic heterocycles. The lowest BCUT2D eigenvalue weighted by atomic mass is 10.1. The van der Waals surface area contributed by atoms with Gasteiger partial charge in [0.05, 0.1) is 5.69 Å². The average molecular weight is 452 g/mol. The molecule has 4 aromatic rings. The monoisotopic (exact) mass is 451 g/mol. The summed E-state index contributed by atoms with van der Waals surface area (Å²) in [6, 6.07) is 24.2. The van der Waals surface area contributed by atoms with Crippen LogP contribution in [0, 0.1) is 0 Å². The molecule has 3 aromatic carbocycles. The summed E-state index contributed by atoms with van der Waals surface area (Å²) in [7, 11) is 0. The number of para-hydroxylation sites is 1. The Labute approximate surface area is 198 Å². The smallest absolute Gasteiger partial charge is 0.255 e. The summed E-state index contributed by atoms with van der Waals surface area (Å²) >= 11 is 0. The zero-order valence-electron chi connectivity index (χ0n) is 19.0. The number of nitrogens with one attached hydrogen (secondary N) is 3. The van der Waals surface area contributed by atoms with Gasteiger partial charge in [0.25, 0.3) is 5.91 Å². The van der Waals surface area contributed by atoms with Crippen LogP contribution in [0.15, 0.2) is 85.1 Å². The van der Waals surface area contributed by atoms with E-state index in [9.17, 15) is 9.59 Å². The van der Waals surface area contributed by atoms with Crippen LogP contribution in [0.3, 0.4) is 0 Å². The second kappa shape index (κ2) is 10.4. The van der Waals surface area contributed by atoms with Crippen LogP contribution in [0.4, 0.5) is 23.0 Å². The summed E-state index contributed by atoms with van der Waals surface area (Å²) in [5.41, 5.74) is 5.48. The van der Waals surface area contributed by atoms with Crippen molar-refractivity contribution in [3.05, 3.63) is 96.2 Å². The number of hydrogen-bond donors (Lipinski definition) is 3. The van der Waals surface area contributed by atoms with Crippen molar-refractivity contribution in [2.75, 3.05) is 16.0 Å². The molecule has 0 radical (unpaired) electrons. The SMILES string of the molecule is CCc1ccccc1NC(=O)c1cccc(Nc2nccc(-c3ccc(NC(C)=O)cc3)n2)c1. The van der Waals surface area contributed by atoms with Crippen molar-refractivity contribution in [2.45, 2.75) is 20.3 Å². The first-order chi connectivity index (χ1) is 16.5. The summed E-state index contributed by atoms with van der Waals surface area (Å²) in [4.78, 5) is 32.9. The zero-order chi connectivity index (χ0) is 23.9. The van der Waals surface area contributed by atoms with Gasteiger partial charge >= 0.3 is 0 Å². The maximum Gasteiger partial charge on any atom is 0.255 e. The van der Waals surface area contributed by atoms with Crippen LogP contribution in [0.2, 0.25) is 0 Å². The zero-order valence-corrected chi connectivity index (χ0v) is 19.0. The van der Waals surface area contributed by atoms with Crippen molar-refractivity contribution in [2.24, 2.45) is 0 Å². The molecule has 2 amide bonds. The minimum Gasteiger partial charge on any atom is -0.326 e. The maximum absolute atomic E-state index is 12.8. The molecule has 3 N–H and O–H groups in total. The Balaban J connectivity index is 1.49. The van der Waals surface area contributed by atoms with Gasteiger partial charge in [0, 0.05) is 41.3 Å². The highest BCUT2D eigenvalue weighted by molar-refractivity contribution is 6.05. The van der Waals surface area contributed by atoms with Crippen molar-refractivity contribution in [3.8, 4) is 11.3 Å². The van der Waals surface area contributed by atoms with E-state index in [1.54, 1.807) is 18.3 Å². The van der Waals surface area contributed by atoms with Crippen LogP contribution in [0.1, 0.15) is 29.8 Å². The first-order valence-electron chi connectivity index (χ1n) is 11.0. The molecule has 0 aliphatic rings. The number of amides is 2. The second-order valence-corrected chi connectivity index (χ2v) is 7.69.